The minimum atomic E-state index is -4.18. The van der Waals surface area contributed by atoms with Gasteiger partial charge in [-0.1, -0.05) is 66.7 Å². The summed E-state index contributed by atoms with van der Waals surface area (Å²) in [6.45, 7) is 3.44. The summed E-state index contributed by atoms with van der Waals surface area (Å²) < 4.78 is 34.5. The van der Waals surface area contributed by atoms with Crippen molar-refractivity contribution in [1.29, 1.82) is 0 Å². The third kappa shape index (κ3) is 8.43. The highest BCUT2D eigenvalue weighted by atomic mass is 35.5. The fourth-order valence-corrected chi connectivity index (χ4v) is 6.85. The lowest BCUT2D eigenvalue weighted by atomic mass is 9.95. The number of hydrogen-bond donors (Lipinski definition) is 1. The molecule has 0 aliphatic heterocycles. The van der Waals surface area contributed by atoms with Crippen molar-refractivity contribution >= 4 is 50.7 Å². The normalized spacial score (nSPS) is 14.5. The number of carbonyl (C=O) groups excluding carboxylic acids is 2. The van der Waals surface area contributed by atoms with E-state index in [0.29, 0.717) is 33.7 Å². The van der Waals surface area contributed by atoms with Crippen molar-refractivity contribution < 1.29 is 22.7 Å². The lowest BCUT2D eigenvalue weighted by Crippen LogP contribution is -2.53. The van der Waals surface area contributed by atoms with Crippen molar-refractivity contribution in [2.45, 2.75) is 69.5 Å². The van der Waals surface area contributed by atoms with Crippen LogP contribution in [0, 0.1) is 0 Å². The monoisotopic (exact) mass is 645 g/mol. The maximum Gasteiger partial charge on any atom is 0.264 e. The van der Waals surface area contributed by atoms with Crippen LogP contribution in [0.3, 0.4) is 0 Å². The van der Waals surface area contributed by atoms with Crippen LogP contribution in [0.4, 0.5) is 5.69 Å². The molecule has 1 atom stereocenters. The smallest absolute Gasteiger partial charge is 0.264 e. The maximum atomic E-state index is 14.1. The Balaban J connectivity index is 1.66. The van der Waals surface area contributed by atoms with E-state index in [2.05, 4.69) is 5.32 Å². The summed E-state index contributed by atoms with van der Waals surface area (Å²) in [5.74, 6) is -0.300. The number of halogens is 2. The average Bonchev–Trinajstić information content (AvgIpc) is 3.01. The molecule has 0 radical (unpaired) electrons. The van der Waals surface area contributed by atoms with E-state index in [1.54, 1.807) is 67.6 Å². The number of amides is 2. The molecule has 4 rings (SSSR count). The van der Waals surface area contributed by atoms with Crippen LogP contribution < -0.4 is 14.4 Å². The fraction of sp³-hybridized carbons (Fsp3) is 0.375. The highest BCUT2D eigenvalue weighted by Gasteiger charge is 2.33. The third-order valence-electron chi connectivity index (χ3n) is 7.50. The molecule has 43 heavy (non-hydrogen) atoms. The minimum absolute atomic E-state index is 0.00623. The first-order valence-electron chi connectivity index (χ1n) is 14.4. The summed E-state index contributed by atoms with van der Waals surface area (Å²) in [6, 6.07) is 18.7. The Hall–Kier alpha value is -3.27. The van der Waals surface area contributed by atoms with Gasteiger partial charge in [0.25, 0.3) is 10.0 Å². The highest BCUT2D eigenvalue weighted by Crippen LogP contribution is 2.27. The van der Waals surface area contributed by atoms with E-state index < -0.39 is 28.5 Å². The number of rotatable bonds is 12. The quantitative estimate of drug-likeness (QED) is 0.244. The molecule has 3 aromatic carbocycles. The molecule has 2 amide bonds. The van der Waals surface area contributed by atoms with Gasteiger partial charge < -0.3 is 15.0 Å². The van der Waals surface area contributed by atoms with Crippen LogP contribution in [0.15, 0.2) is 77.7 Å². The maximum absolute atomic E-state index is 14.1. The lowest BCUT2D eigenvalue weighted by molar-refractivity contribution is -0.139. The van der Waals surface area contributed by atoms with Crippen LogP contribution in [-0.2, 0) is 26.2 Å². The SMILES string of the molecule is CCOc1ccc(S(=O)(=O)N(CC(=O)N(Cc2ccc(Cl)c(Cl)c2)C(C)C(=O)NC2CCCCC2)c2ccccc2)cc1. The molecule has 1 aliphatic carbocycles. The van der Waals surface area contributed by atoms with Crippen LogP contribution in [0.25, 0.3) is 0 Å². The van der Waals surface area contributed by atoms with Crippen LogP contribution in [0.2, 0.25) is 10.0 Å². The molecular weight excluding hydrogens is 609 g/mol. The van der Waals surface area contributed by atoms with E-state index in [0.717, 1.165) is 36.4 Å². The van der Waals surface area contributed by atoms with Gasteiger partial charge in [-0.3, -0.25) is 13.9 Å². The molecule has 8 nitrogen and oxygen atoms in total. The average molecular weight is 647 g/mol. The van der Waals surface area contributed by atoms with Gasteiger partial charge in [0.2, 0.25) is 11.8 Å². The summed E-state index contributed by atoms with van der Waals surface area (Å²) in [6.07, 6.45) is 5.01. The molecule has 0 saturated heterocycles. The van der Waals surface area contributed by atoms with Gasteiger partial charge in [0.1, 0.15) is 18.3 Å². The predicted molar refractivity (Wildman–Crippen MR) is 170 cm³/mol. The Morgan fingerprint density at radius 2 is 1.63 bits per heavy atom. The zero-order valence-electron chi connectivity index (χ0n) is 24.3. The molecule has 0 spiro atoms. The third-order valence-corrected chi connectivity index (χ3v) is 10.0. The second kappa shape index (κ2) is 14.9. The summed E-state index contributed by atoms with van der Waals surface area (Å²) in [4.78, 5) is 28.9. The highest BCUT2D eigenvalue weighted by molar-refractivity contribution is 7.92. The van der Waals surface area contributed by atoms with Gasteiger partial charge in [0.15, 0.2) is 0 Å². The molecule has 0 heterocycles. The molecule has 1 unspecified atom stereocenters. The van der Waals surface area contributed by atoms with Crippen molar-refractivity contribution in [1.82, 2.24) is 10.2 Å². The van der Waals surface area contributed by atoms with Gasteiger partial charge in [-0.2, -0.15) is 0 Å². The zero-order chi connectivity index (χ0) is 31.0. The Morgan fingerprint density at radius 3 is 2.26 bits per heavy atom. The Kier molecular flexibility index (Phi) is 11.3. The Labute approximate surface area is 264 Å². The molecule has 11 heteroatoms. The van der Waals surface area contributed by atoms with E-state index in [-0.39, 0.29) is 23.4 Å². The molecule has 1 saturated carbocycles. The lowest BCUT2D eigenvalue weighted by Gasteiger charge is -2.33. The van der Waals surface area contributed by atoms with Crippen molar-refractivity contribution in [3.05, 3.63) is 88.4 Å². The van der Waals surface area contributed by atoms with Gasteiger partial charge in [-0.25, -0.2) is 8.42 Å². The van der Waals surface area contributed by atoms with Crippen LogP contribution in [-0.4, -0.2) is 50.4 Å². The van der Waals surface area contributed by atoms with Gasteiger partial charge in [-0.05, 0) is 80.8 Å². The molecule has 230 valence electrons. The molecule has 1 fully saturated rings. The van der Waals surface area contributed by atoms with E-state index >= 15 is 0 Å². The van der Waals surface area contributed by atoms with Gasteiger partial charge >= 0.3 is 0 Å². The number of nitrogens with one attached hydrogen (secondary N) is 1. The zero-order valence-corrected chi connectivity index (χ0v) is 26.7. The molecule has 1 N–H and O–H groups in total. The topological polar surface area (TPSA) is 96.0 Å². The molecule has 3 aromatic rings. The number of benzene rings is 3. The fourth-order valence-electron chi connectivity index (χ4n) is 5.11. The van der Waals surface area contributed by atoms with E-state index in [9.17, 15) is 18.0 Å². The summed E-state index contributed by atoms with van der Waals surface area (Å²) in [5.41, 5.74) is 0.972. The molecule has 0 bridgehead atoms. The predicted octanol–water partition coefficient (Wildman–Crippen LogP) is 6.45. The number of para-hydroxylation sites is 1. The van der Waals surface area contributed by atoms with Crippen molar-refractivity contribution in [2.75, 3.05) is 17.5 Å². The van der Waals surface area contributed by atoms with Gasteiger partial charge in [0, 0.05) is 12.6 Å². The standard InChI is InChI=1S/C32H37Cl2N3O5S/c1-3-42-27-15-17-28(18-16-27)43(40,41)37(26-12-8-5-9-13-26)22-31(38)36(21-24-14-19-29(33)30(34)20-24)23(2)32(39)35-25-10-6-4-7-11-25/h5,8-9,12-20,23,25H,3-4,6-7,10-11,21-22H2,1-2H3,(H,35,39). The van der Waals surface area contributed by atoms with Crippen LogP contribution >= 0.6 is 23.2 Å². The van der Waals surface area contributed by atoms with Gasteiger partial charge in [-0.15, -0.1) is 0 Å². The first-order chi connectivity index (χ1) is 20.6. The largest absolute Gasteiger partial charge is 0.494 e. The first-order valence-corrected chi connectivity index (χ1v) is 16.6. The van der Waals surface area contributed by atoms with Crippen LogP contribution in [0.1, 0.15) is 51.5 Å². The molecule has 1 aliphatic rings. The number of carbonyl (C=O) groups is 2. The van der Waals surface area contributed by atoms with Crippen molar-refractivity contribution in [3.63, 3.8) is 0 Å². The van der Waals surface area contributed by atoms with E-state index in [4.69, 9.17) is 27.9 Å². The Morgan fingerprint density at radius 1 is 0.953 bits per heavy atom. The first kappa shape index (κ1) is 32.6. The van der Waals surface area contributed by atoms with Crippen molar-refractivity contribution in [2.24, 2.45) is 0 Å². The number of ether oxygens (including phenoxy) is 1. The number of anilines is 1. The molecular formula is C32H37Cl2N3O5S. The number of sulfonamides is 1. The molecule has 0 aromatic heterocycles. The second-order valence-corrected chi connectivity index (χ2v) is 13.2. The minimum Gasteiger partial charge on any atom is -0.494 e. The van der Waals surface area contributed by atoms with Crippen LogP contribution in [0.5, 0.6) is 5.75 Å². The second-order valence-electron chi connectivity index (χ2n) is 10.5. The summed E-state index contributed by atoms with van der Waals surface area (Å²) >= 11 is 12.4. The number of hydrogen-bond acceptors (Lipinski definition) is 5. The van der Waals surface area contributed by atoms with E-state index in [1.807, 2.05) is 6.92 Å². The Bertz CT molecular complexity index is 1500. The number of nitrogens with zero attached hydrogens (tertiary/aromatic N) is 2. The summed E-state index contributed by atoms with van der Waals surface area (Å²) in [5, 5.41) is 3.77. The van der Waals surface area contributed by atoms with Gasteiger partial charge in [0.05, 0.1) is 27.2 Å². The van der Waals surface area contributed by atoms with Crippen molar-refractivity contribution in [3.8, 4) is 5.75 Å². The van der Waals surface area contributed by atoms with E-state index in [1.165, 1.54) is 17.0 Å². The summed E-state index contributed by atoms with van der Waals surface area (Å²) in [7, 11) is -4.18.